The van der Waals surface area contributed by atoms with Crippen LogP contribution in [0.25, 0.3) is 0 Å². The van der Waals surface area contributed by atoms with Gasteiger partial charge in [-0.1, -0.05) is 53.9 Å². The lowest BCUT2D eigenvalue weighted by Gasteiger charge is -2.63. The summed E-state index contributed by atoms with van der Waals surface area (Å²) in [7, 11) is 0. The highest BCUT2D eigenvalue weighted by Crippen LogP contribution is 2.70. The predicted molar refractivity (Wildman–Crippen MR) is 130 cm³/mol. The van der Waals surface area contributed by atoms with Crippen molar-refractivity contribution in [2.45, 2.75) is 125 Å². The van der Waals surface area contributed by atoms with Gasteiger partial charge in [-0.15, -0.1) is 0 Å². The van der Waals surface area contributed by atoms with Gasteiger partial charge >= 0.3 is 0 Å². The Morgan fingerprint density at radius 1 is 0.839 bits per heavy atom. The lowest BCUT2D eigenvalue weighted by Crippen LogP contribution is -2.57. The normalized spacial score (nSPS) is 50.0. The fourth-order valence-electron chi connectivity index (χ4n) is 10.4. The fraction of sp³-hybridized carbons (Fsp3) is 0.967. The van der Waals surface area contributed by atoms with Gasteiger partial charge in [0.15, 0.2) is 0 Å². The third-order valence-corrected chi connectivity index (χ3v) is 12.5. The number of rotatable bonds is 5. The number of hydrogen-bond donors (Lipinski definition) is 0. The van der Waals surface area contributed by atoms with Gasteiger partial charge in [0, 0.05) is 11.8 Å². The second-order valence-electron chi connectivity index (χ2n) is 14.1. The zero-order chi connectivity index (χ0) is 22.0. The Morgan fingerprint density at radius 2 is 1.61 bits per heavy atom. The molecule has 5 aliphatic carbocycles. The van der Waals surface area contributed by atoms with Crippen molar-refractivity contribution < 1.29 is 4.79 Å². The van der Waals surface area contributed by atoms with E-state index in [9.17, 15) is 4.79 Å². The van der Waals surface area contributed by atoms with Crippen molar-refractivity contribution in [3.8, 4) is 0 Å². The molecule has 1 heteroatoms. The summed E-state index contributed by atoms with van der Waals surface area (Å²) in [5.41, 5.74) is 1.29. The van der Waals surface area contributed by atoms with Gasteiger partial charge < -0.3 is 0 Å². The molecular weight excluding hydrogens is 376 g/mol. The summed E-state index contributed by atoms with van der Waals surface area (Å²) in [5, 5.41) is 0. The summed E-state index contributed by atoms with van der Waals surface area (Å²) in [6.07, 6.45) is 19.1. The molecule has 0 heterocycles. The molecule has 0 aromatic heterocycles. The average molecular weight is 427 g/mol. The lowest BCUT2D eigenvalue weighted by atomic mass is 9.41. The molecule has 9 unspecified atom stereocenters. The van der Waals surface area contributed by atoms with Crippen LogP contribution < -0.4 is 0 Å². The van der Waals surface area contributed by atoms with Gasteiger partial charge in [-0.05, 0) is 116 Å². The highest BCUT2D eigenvalue weighted by atomic mass is 16.1. The van der Waals surface area contributed by atoms with Gasteiger partial charge in [-0.25, -0.2) is 0 Å². The zero-order valence-electron chi connectivity index (χ0n) is 21.3. The van der Waals surface area contributed by atoms with Gasteiger partial charge in [0.2, 0.25) is 0 Å². The van der Waals surface area contributed by atoms with Crippen molar-refractivity contribution in [1.82, 2.24) is 0 Å². The minimum absolute atomic E-state index is 0.143. The van der Waals surface area contributed by atoms with Crippen LogP contribution in [-0.2, 0) is 4.79 Å². The molecule has 0 bridgehead atoms. The van der Waals surface area contributed by atoms with Crippen LogP contribution >= 0.6 is 0 Å². The van der Waals surface area contributed by atoms with Crippen LogP contribution in [0.1, 0.15) is 125 Å². The molecule has 0 amide bonds. The Labute approximate surface area is 192 Å². The number of ketones is 1. The van der Waals surface area contributed by atoms with Gasteiger partial charge in [0.05, 0.1) is 0 Å². The van der Waals surface area contributed by atoms with Crippen LogP contribution in [0.4, 0.5) is 0 Å². The molecule has 31 heavy (non-hydrogen) atoms. The maximum Gasteiger partial charge on any atom is 0.139 e. The van der Waals surface area contributed by atoms with E-state index >= 15 is 0 Å². The van der Waals surface area contributed by atoms with Crippen LogP contribution in [0, 0.1) is 57.7 Å². The number of fused-ring (bicyclic) bond motifs is 5. The Bertz CT molecular complexity index is 695. The van der Waals surface area contributed by atoms with E-state index in [4.69, 9.17) is 0 Å². The molecule has 0 aromatic carbocycles. The van der Waals surface area contributed by atoms with Gasteiger partial charge in [-0.3, -0.25) is 4.79 Å². The van der Waals surface area contributed by atoms with E-state index in [-0.39, 0.29) is 5.41 Å². The van der Waals surface area contributed by atoms with Crippen LogP contribution in [0.3, 0.4) is 0 Å². The van der Waals surface area contributed by atoms with Crippen molar-refractivity contribution >= 4 is 5.78 Å². The van der Waals surface area contributed by atoms with Crippen molar-refractivity contribution in [3.05, 3.63) is 0 Å². The molecule has 1 nitrogen and oxygen atoms in total. The van der Waals surface area contributed by atoms with Crippen LogP contribution in [0.2, 0.25) is 0 Å². The monoisotopic (exact) mass is 426 g/mol. The molecule has 5 aliphatic rings. The summed E-state index contributed by atoms with van der Waals surface area (Å²) in [6, 6.07) is 0. The van der Waals surface area contributed by atoms with Gasteiger partial charge in [-0.2, -0.15) is 0 Å². The van der Waals surface area contributed by atoms with E-state index in [1.54, 1.807) is 0 Å². The maximum absolute atomic E-state index is 12.5. The van der Waals surface area contributed by atoms with Crippen molar-refractivity contribution in [2.24, 2.45) is 57.7 Å². The molecule has 0 N–H and O–H groups in total. The summed E-state index contributed by atoms with van der Waals surface area (Å²) >= 11 is 0. The summed E-state index contributed by atoms with van der Waals surface area (Å²) in [6.45, 7) is 12.8. The standard InChI is InChI=1S/C30H50O/c1-20(2)7-6-8-21(3)24-11-12-25-23-10-9-22-19-30(16-14-27(30)31)18-17-28(22,4)26(23)13-15-29(24,25)5/h20-26H,6-19H2,1-5H3. The van der Waals surface area contributed by atoms with E-state index in [2.05, 4.69) is 34.6 Å². The molecule has 5 saturated carbocycles. The van der Waals surface area contributed by atoms with Crippen LogP contribution in [0.5, 0.6) is 0 Å². The third kappa shape index (κ3) is 3.41. The van der Waals surface area contributed by atoms with Gasteiger partial charge in [0.1, 0.15) is 5.78 Å². The SMILES string of the molecule is CC(C)CCCC(C)C1CCC2C3CCC4CC5(CCC5=O)CCC4(C)C3CCC12C. The minimum atomic E-state index is 0.143. The topological polar surface area (TPSA) is 17.1 Å². The zero-order valence-corrected chi connectivity index (χ0v) is 21.3. The number of carbonyl (C=O) groups excluding carboxylic acids is 1. The maximum atomic E-state index is 12.5. The number of Topliss-reactive ketones (excluding diaryl/α,β-unsaturated/α-hetero) is 1. The molecule has 176 valence electrons. The molecule has 0 saturated heterocycles. The first-order valence-electron chi connectivity index (χ1n) is 14.2. The fourth-order valence-corrected chi connectivity index (χ4v) is 10.4. The van der Waals surface area contributed by atoms with E-state index in [0.717, 1.165) is 47.8 Å². The van der Waals surface area contributed by atoms with E-state index < -0.39 is 0 Å². The molecule has 5 fully saturated rings. The van der Waals surface area contributed by atoms with Crippen molar-refractivity contribution in [2.75, 3.05) is 0 Å². The van der Waals surface area contributed by atoms with Crippen LogP contribution in [0.15, 0.2) is 0 Å². The quantitative estimate of drug-likeness (QED) is 0.431. The highest BCUT2D eigenvalue weighted by Gasteiger charge is 2.63. The molecule has 5 rings (SSSR count). The first-order valence-corrected chi connectivity index (χ1v) is 14.2. The minimum Gasteiger partial charge on any atom is -0.299 e. The van der Waals surface area contributed by atoms with Crippen LogP contribution in [-0.4, -0.2) is 5.78 Å². The Balaban J connectivity index is 1.29. The first-order chi connectivity index (χ1) is 14.7. The second-order valence-corrected chi connectivity index (χ2v) is 14.1. The Hall–Kier alpha value is -0.330. The number of hydrogen-bond acceptors (Lipinski definition) is 1. The third-order valence-electron chi connectivity index (χ3n) is 12.5. The second kappa shape index (κ2) is 7.87. The molecule has 0 radical (unpaired) electrons. The highest BCUT2D eigenvalue weighted by molar-refractivity contribution is 5.90. The summed E-state index contributed by atoms with van der Waals surface area (Å²) in [5.74, 6) is 7.12. The van der Waals surface area contributed by atoms with E-state index in [1.165, 1.54) is 83.5 Å². The Morgan fingerprint density at radius 3 is 2.29 bits per heavy atom. The van der Waals surface area contributed by atoms with E-state index in [0.29, 0.717) is 16.6 Å². The Kier molecular flexibility index (Phi) is 5.70. The summed E-state index contributed by atoms with van der Waals surface area (Å²) < 4.78 is 0. The molecule has 1 spiro atoms. The van der Waals surface area contributed by atoms with Crippen molar-refractivity contribution in [1.29, 1.82) is 0 Å². The molecule has 9 atom stereocenters. The molecule has 0 aliphatic heterocycles. The van der Waals surface area contributed by atoms with E-state index in [1.807, 2.05) is 0 Å². The molecular formula is C30H50O. The number of carbonyl (C=O) groups is 1. The van der Waals surface area contributed by atoms with Crippen molar-refractivity contribution in [3.63, 3.8) is 0 Å². The first kappa shape index (κ1) is 22.5. The lowest BCUT2D eigenvalue weighted by molar-refractivity contribution is -0.162. The van der Waals surface area contributed by atoms with Gasteiger partial charge in [0.25, 0.3) is 0 Å². The average Bonchev–Trinajstić information content (AvgIpc) is 3.09. The molecule has 0 aromatic rings. The predicted octanol–water partition coefficient (Wildman–Crippen LogP) is 8.46. The smallest absolute Gasteiger partial charge is 0.139 e. The largest absolute Gasteiger partial charge is 0.299 e. The summed E-state index contributed by atoms with van der Waals surface area (Å²) in [4.78, 5) is 12.5.